The molecule has 2 aromatic carbocycles. The number of aromatic nitrogens is 1. The number of nitrogens with zero attached hydrogens (tertiary/aromatic N) is 1. The minimum atomic E-state index is -4.16. The van der Waals surface area contributed by atoms with Crippen LogP contribution in [0.1, 0.15) is 61.5 Å². The summed E-state index contributed by atoms with van der Waals surface area (Å²) in [6.07, 6.45) is 1.74. The summed E-state index contributed by atoms with van der Waals surface area (Å²) >= 11 is 0. The monoisotopic (exact) mass is 525 g/mol. The maximum Gasteiger partial charge on any atom is 0.530 e. The zero-order valence-electron chi connectivity index (χ0n) is 20.9. The van der Waals surface area contributed by atoms with Gasteiger partial charge in [-0.2, -0.15) is 0 Å². The van der Waals surface area contributed by atoms with Crippen LogP contribution in [-0.4, -0.2) is 56.8 Å². The van der Waals surface area contributed by atoms with Gasteiger partial charge in [0, 0.05) is 44.1 Å². The van der Waals surface area contributed by atoms with E-state index in [2.05, 4.69) is 12.1 Å². The van der Waals surface area contributed by atoms with Gasteiger partial charge < -0.3 is 18.6 Å². The van der Waals surface area contributed by atoms with E-state index in [9.17, 15) is 14.2 Å². The topological polar surface area (TPSA) is 102 Å². The van der Waals surface area contributed by atoms with Gasteiger partial charge in [0.25, 0.3) is 0 Å². The molecule has 37 heavy (non-hydrogen) atoms. The minimum absolute atomic E-state index is 0.0408. The van der Waals surface area contributed by atoms with Crippen LogP contribution in [0.2, 0.25) is 0 Å². The van der Waals surface area contributed by atoms with Crippen LogP contribution in [0.15, 0.2) is 48.7 Å². The number of hydrogen-bond acceptors (Lipinski definition) is 8. The zero-order valence-corrected chi connectivity index (χ0v) is 21.8. The smallest absolute Gasteiger partial charge is 0.403 e. The van der Waals surface area contributed by atoms with Crippen molar-refractivity contribution in [3.8, 4) is 5.75 Å². The standard InChI is InChI=1S/C27H28NO8P/c1-17-19-8-5-4-7-18(19)15-28-16-21-24(25(17)28)26(29)20-9-6-10-22(23(20)27(21)30)36-37(31,34-13-11-32-2)35-14-12-33-3/h4-10,16-17H,11-15H2,1-3H3. The molecule has 2 heterocycles. The van der Waals surface area contributed by atoms with E-state index in [4.69, 9.17) is 23.0 Å². The molecule has 0 N–H and O–H groups in total. The predicted molar refractivity (Wildman–Crippen MR) is 135 cm³/mol. The molecule has 194 valence electrons. The summed E-state index contributed by atoms with van der Waals surface area (Å²) in [7, 11) is -1.20. The van der Waals surface area contributed by atoms with Gasteiger partial charge in [0.05, 0.1) is 43.1 Å². The van der Waals surface area contributed by atoms with E-state index in [1.807, 2.05) is 23.6 Å². The van der Waals surface area contributed by atoms with E-state index in [1.54, 1.807) is 18.3 Å². The summed E-state index contributed by atoms with van der Waals surface area (Å²) in [5.41, 5.74) is 4.06. The lowest BCUT2D eigenvalue weighted by Gasteiger charge is -2.27. The average molecular weight is 525 g/mol. The predicted octanol–water partition coefficient (Wildman–Crippen LogP) is 4.59. The quantitative estimate of drug-likeness (QED) is 0.219. The van der Waals surface area contributed by atoms with Crippen molar-refractivity contribution < 1.29 is 37.2 Å². The van der Waals surface area contributed by atoms with Gasteiger partial charge in [-0.1, -0.05) is 43.3 Å². The SMILES string of the molecule is COCCOP(=O)(OCCOC)Oc1cccc2c1C(=O)c1cn3c(c1C2=O)C(C)c1ccccc1C3. The van der Waals surface area contributed by atoms with Crippen LogP contribution in [0.4, 0.5) is 0 Å². The molecule has 3 aromatic rings. The molecule has 0 amide bonds. The van der Waals surface area contributed by atoms with E-state index in [-0.39, 0.29) is 60.8 Å². The summed E-state index contributed by atoms with van der Waals surface area (Å²) in [6, 6.07) is 12.7. The van der Waals surface area contributed by atoms with Gasteiger partial charge in [-0.05, 0) is 17.2 Å². The largest absolute Gasteiger partial charge is 0.530 e. The van der Waals surface area contributed by atoms with Crippen molar-refractivity contribution in [2.45, 2.75) is 19.4 Å². The zero-order chi connectivity index (χ0) is 26.2. The highest BCUT2D eigenvalue weighted by Gasteiger charge is 2.41. The number of rotatable bonds is 10. The number of carbonyl (C=O) groups excluding carboxylic acids is 2. The first kappa shape index (κ1) is 25.6. The second kappa shape index (κ2) is 10.4. The number of hydrogen-bond donors (Lipinski definition) is 0. The maximum absolute atomic E-state index is 13.8. The Morgan fingerprint density at radius 1 is 0.865 bits per heavy atom. The highest BCUT2D eigenvalue weighted by molar-refractivity contribution is 7.48. The highest BCUT2D eigenvalue weighted by atomic mass is 31.2. The van der Waals surface area contributed by atoms with Crippen LogP contribution in [0.5, 0.6) is 5.75 Å². The molecule has 1 aliphatic heterocycles. The summed E-state index contributed by atoms with van der Waals surface area (Å²) in [6.45, 7) is 2.81. The Labute approximate surface area is 214 Å². The van der Waals surface area contributed by atoms with Gasteiger partial charge in [-0.25, -0.2) is 4.57 Å². The molecule has 9 nitrogen and oxygen atoms in total. The van der Waals surface area contributed by atoms with Gasteiger partial charge in [0.15, 0.2) is 11.6 Å². The van der Waals surface area contributed by atoms with Crippen molar-refractivity contribution in [1.29, 1.82) is 0 Å². The van der Waals surface area contributed by atoms with Crippen molar-refractivity contribution in [1.82, 2.24) is 4.57 Å². The molecule has 0 saturated carbocycles. The molecule has 0 fully saturated rings. The van der Waals surface area contributed by atoms with Crippen molar-refractivity contribution in [2.24, 2.45) is 0 Å². The number of phosphoric acid groups is 1. The Bertz CT molecular complexity index is 1400. The van der Waals surface area contributed by atoms with E-state index in [0.717, 1.165) is 16.8 Å². The van der Waals surface area contributed by atoms with E-state index in [0.29, 0.717) is 17.7 Å². The first-order valence-electron chi connectivity index (χ1n) is 12.0. The molecule has 0 bridgehead atoms. The minimum Gasteiger partial charge on any atom is -0.403 e. The molecular formula is C27H28NO8P. The van der Waals surface area contributed by atoms with Crippen molar-refractivity contribution in [3.05, 3.63) is 87.7 Å². The van der Waals surface area contributed by atoms with Crippen LogP contribution in [0, 0.1) is 0 Å². The second-order valence-electron chi connectivity index (χ2n) is 8.88. The van der Waals surface area contributed by atoms with Crippen molar-refractivity contribution >= 4 is 19.4 Å². The molecule has 1 aromatic heterocycles. The summed E-state index contributed by atoms with van der Waals surface area (Å²) < 4.78 is 41.8. The van der Waals surface area contributed by atoms with Gasteiger partial charge in [0.2, 0.25) is 0 Å². The fourth-order valence-corrected chi connectivity index (χ4v) is 6.15. The Morgan fingerprint density at radius 3 is 2.24 bits per heavy atom. The molecule has 1 unspecified atom stereocenters. The number of ether oxygens (including phenoxy) is 2. The molecular weight excluding hydrogens is 497 g/mol. The summed E-state index contributed by atoms with van der Waals surface area (Å²) in [4.78, 5) is 27.6. The molecule has 0 radical (unpaired) electrons. The van der Waals surface area contributed by atoms with Crippen LogP contribution < -0.4 is 4.52 Å². The third kappa shape index (κ3) is 4.58. The lowest BCUT2D eigenvalue weighted by atomic mass is 9.81. The molecule has 2 aliphatic rings. The third-order valence-corrected chi connectivity index (χ3v) is 8.06. The lowest BCUT2D eigenvalue weighted by molar-refractivity contribution is 0.0859. The van der Waals surface area contributed by atoms with Crippen LogP contribution in [0.3, 0.4) is 0 Å². The van der Waals surface area contributed by atoms with Gasteiger partial charge in [-0.15, -0.1) is 0 Å². The summed E-state index contributed by atoms with van der Waals surface area (Å²) in [5.74, 6) is -0.751. The molecule has 10 heteroatoms. The third-order valence-electron chi connectivity index (χ3n) is 6.65. The number of methoxy groups -OCH3 is 2. The number of fused-ring (bicyclic) bond motifs is 5. The second-order valence-corrected chi connectivity index (χ2v) is 10.5. The Kier molecular flexibility index (Phi) is 7.16. The first-order chi connectivity index (χ1) is 17.9. The normalized spacial score (nSPS) is 16.1. The van der Waals surface area contributed by atoms with E-state index in [1.165, 1.54) is 20.3 Å². The maximum atomic E-state index is 13.8. The van der Waals surface area contributed by atoms with Gasteiger partial charge in [0.1, 0.15) is 5.75 Å². The molecule has 1 aliphatic carbocycles. The lowest BCUT2D eigenvalue weighted by Crippen LogP contribution is -2.23. The van der Waals surface area contributed by atoms with E-state index >= 15 is 0 Å². The molecule has 0 spiro atoms. The molecule has 1 atom stereocenters. The number of phosphoric ester groups is 1. The molecule has 0 saturated heterocycles. The van der Waals surface area contributed by atoms with Gasteiger partial charge in [-0.3, -0.25) is 18.6 Å². The molecule has 5 rings (SSSR count). The van der Waals surface area contributed by atoms with Crippen LogP contribution in [-0.2, 0) is 29.6 Å². The first-order valence-corrected chi connectivity index (χ1v) is 13.4. The summed E-state index contributed by atoms with van der Waals surface area (Å²) in [5, 5.41) is 0. The van der Waals surface area contributed by atoms with Crippen LogP contribution in [0.25, 0.3) is 0 Å². The average Bonchev–Trinajstić information content (AvgIpc) is 3.28. The van der Waals surface area contributed by atoms with Crippen LogP contribution >= 0.6 is 7.82 Å². The Balaban J connectivity index is 1.53. The van der Waals surface area contributed by atoms with Crippen molar-refractivity contribution in [3.63, 3.8) is 0 Å². The highest BCUT2D eigenvalue weighted by Crippen LogP contribution is 2.51. The number of ketones is 2. The van der Waals surface area contributed by atoms with E-state index < -0.39 is 7.82 Å². The fraction of sp³-hybridized carbons (Fsp3) is 0.333. The number of carbonyl (C=O) groups is 2. The fourth-order valence-electron chi connectivity index (χ4n) is 4.98. The van der Waals surface area contributed by atoms with Crippen molar-refractivity contribution in [2.75, 3.05) is 40.6 Å². The number of benzene rings is 2. The van der Waals surface area contributed by atoms with Gasteiger partial charge >= 0.3 is 7.82 Å². The Hall–Kier alpha value is -3.07. The Morgan fingerprint density at radius 2 is 1.54 bits per heavy atom.